The molecule has 1 aliphatic rings. The molecule has 0 aliphatic carbocycles. The van der Waals surface area contributed by atoms with Gasteiger partial charge in [0, 0.05) is 12.6 Å². The molecule has 0 spiro atoms. The number of benzene rings is 1. The molecule has 2 heterocycles. The first kappa shape index (κ1) is 19.2. The highest BCUT2D eigenvalue weighted by Crippen LogP contribution is 2.35. The number of nitro benzene ring substituents is 1. The number of hydrogen-bond donors (Lipinski definition) is 1. The van der Waals surface area contributed by atoms with Crippen LogP contribution >= 0.6 is 0 Å². The van der Waals surface area contributed by atoms with Gasteiger partial charge in [-0.3, -0.25) is 15.0 Å². The molecule has 1 aromatic heterocycles. The molecule has 0 radical (unpaired) electrons. The van der Waals surface area contributed by atoms with E-state index in [4.69, 9.17) is 4.42 Å². The lowest BCUT2D eigenvalue weighted by atomic mass is 10.1. The van der Waals surface area contributed by atoms with E-state index in [1.165, 1.54) is 0 Å². The number of halogens is 3. The number of hydrogen-bond acceptors (Lipinski definition) is 5. The van der Waals surface area contributed by atoms with Crippen LogP contribution in [0.2, 0.25) is 0 Å². The van der Waals surface area contributed by atoms with Crippen LogP contribution < -0.4 is 5.32 Å². The number of furan rings is 1. The Morgan fingerprint density at radius 2 is 1.96 bits per heavy atom. The van der Waals surface area contributed by atoms with E-state index in [1.807, 2.05) is 6.07 Å². The van der Waals surface area contributed by atoms with E-state index in [0.29, 0.717) is 12.6 Å². The molecular weight excluding hydrogens is 363 g/mol. The van der Waals surface area contributed by atoms with E-state index in [1.54, 1.807) is 12.3 Å². The van der Waals surface area contributed by atoms with E-state index in [0.717, 1.165) is 50.2 Å². The first-order chi connectivity index (χ1) is 12.9. The predicted molar refractivity (Wildman–Crippen MR) is 93.5 cm³/mol. The van der Waals surface area contributed by atoms with Crippen LogP contribution in [0.3, 0.4) is 0 Å². The van der Waals surface area contributed by atoms with Crippen molar-refractivity contribution < 1.29 is 22.5 Å². The second-order valence-corrected chi connectivity index (χ2v) is 6.50. The molecule has 9 heteroatoms. The van der Waals surface area contributed by atoms with Crippen LogP contribution in [0, 0.1) is 10.1 Å². The summed E-state index contributed by atoms with van der Waals surface area (Å²) in [6.45, 7) is 2.05. The van der Waals surface area contributed by atoms with Gasteiger partial charge < -0.3 is 9.73 Å². The van der Waals surface area contributed by atoms with E-state index >= 15 is 0 Å². The lowest BCUT2D eigenvalue weighted by molar-refractivity contribution is -0.384. The number of piperidine rings is 1. The zero-order chi connectivity index (χ0) is 19.4. The molecule has 2 aromatic rings. The summed E-state index contributed by atoms with van der Waals surface area (Å²) in [4.78, 5) is 12.7. The van der Waals surface area contributed by atoms with Crippen molar-refractivity contribution in [3.05, 3.63) is 58.0 Å². The molecule has 1 unspecified atom stereocenters. The first-order valence-corrected chi connectivity index (χ1v) is 8.73. The van der Waals surface area contributed by atoms with Crippen molar-refractivity contribution in [1.29, 1.82) is 0 Å². The van der Waals surface area contributed by atoms with Crippen LogP contribution in [0.15, 0.2) is 41.0 Å². The van der Waals surface area contributed by atoms with Gasteiger partial charge in [-0.2, -0.15) is 13.2 Å². The third-order valence-corrected chi connectivity index (χ3v) is 4.71. The van der Waals surface area contributed by atoms with Gasteiger partial charge in [0.1, 0.15) is 11.4 Å². The van der Waals surface area contributed by atoms with Crippen molar-refractivity contribution in [3.8, 4) is 0 Å². The number of nitro groups is 1. The summed E-state index contributed by atoms with van der Waals surface area (Å²) >= 11 is 0. The number of anilines is 1. The fourth-order valence-electron chi connectivity index (χ4n) is 3.34. The monoisotopic (exact) mass is 383 g/mol. The Kier molecular flexibility index (Phi) is 5.69. The Morgan fingerprint density at radius 1 is 1.22 bits per heavy atom. The molecule has 27 heavy (non-hydrogen) atoms. The molecule has 1 atom stereocenters. The normalized spacial score (nSPS) is 16.9. The summed E-state index contributed by atoms with van der Waals surface area (Å²) in [6.07, 6.45) is 0.190. The minimum absolute atomic E-state index is 0.0570. The van der Waals surface area contributed by atoms with Crippen LogP contribution in [0.25, 0.3) is 0 Å². The third-order valence-electron chi connectivity index (χ3n) is 4.71. The van der Waals surface area contributed by atoms with Crippen molar-refractivity contribution in [3.63, 3.8) is 0 Å². The zero-order valence-corrected chi connectivity index (χ0v) is 14.5. The lowest BCUT2D eigenvalue weighted by Gasteiger charge is -2.33. The molecule has 146 valence electrons. The molecular formula is C18H20F3N3O3. The number of rotatable bonds is 6. The van der Waals surface area contributed by atoms with E-state index in [9.17, 15) is 23.3 Å². The number of likely N-dealkylation sites (tertiary alicyclic amines) is 1. The Labute approximate surface area is 154 Å². The fourth-order valence-corrected chi connectivity index (χ4v) is 3.34. The molecule has 1 saturated heterocycles. The van der Waals surface area contributed by atoms with Gasteiger partial charge in [-0.15, -0.1) is 0 Å². The standard InChI is InChI=1S/C18H20F3N3O3/c19-18(20,21)13-6-7-14(15(11-13)24(25)26)22-12-16(17-5-4-10-27-17)23-8-2-1-3-9-23/h4-7,10-11,16,22H,1-3,8-9,12H2. The summed E-state index contributed by atoms with van der Waals surface area (Å²) in [6, 6.07) is 5.97. The van der Waals surface area contributed by atoms with Gasteiger partial charge in [-0.05, 0) is 50.2 Å². The third kappa shape index (κ3) is 4.60. The Bertz CT molecular complexity index is 772. The topological polar surface area (TPSA) is 71.5 Å². The van der Waals surface area contributed by atoms with Crippen LogP contribution in [0.1, 0.15) is 36.6 Å². The Balaban J connectivity index is 1.81. The van der Waals surface area contributed by atoms with Crippen LogP contribution in [-0.2, 0) is 6.18 Å². The summed E-state index contributed by atoms with van der Waals surface area (Å²) in [5.74, 6) is 0.721. The first-order valence-electron chi connectivity index (χ1n) is 8.73. The van der Waals surface area contributed by atoms with Crippen molar-refractivity contribution in [1.82, 2.24) is 4.90 Å². The second kappa shape index (κ2) is 7.99. The van der Waals surface area contributed by atoms with E-state index in [2.05, 4.69) is 10.2 Å². The predicted octanol–water partition coefficient (Wildman–Crippen LogP) is 4.85. The average Bonchev–Trinajstić information content (AvgIpc) is 3.16. The quantitative estimate of drug-likeness (QED) is 0.571. The Morgan fingerprint density at radius 3 is 2.56 bits per heavy atom. The van der Waals surface area contributed by atoms with Gasteiger partial charge in [0.25, 0.3) is 5.69 Å². The summed E-state index contributed by atoms with van der Waals surface area (Å²) in [5, 5.41) is 14.2. The van der Waals surface area contributed by atoms with Crippen molar-refractivity contribution in [2.24, 2.45) is 0 Å². The van der Waals surface area contributed by atoms with Crippen molar-refractivity contribution in [2.75, 3.05) is 25.0 Å². The van der Waals surface area contributed by atoms with Gasteiger partial charge in [0.15, 0.2) is 0 Å². The minimum atomic E-state index is -4.63. The maximum atomic E-state index is 12.8. The maximum absolute atomic E-state index is 12.8. The SMILES string of the molecule is O=[N+]([O-])c1cc(C(F)(F)F)ccc1NCC(c1ccco1)N1CCCCC1. The molecule has 0 bridgehead atoms. The number of nitrogens with zero attached hydrogens (tertiary/aromatic N) is 2. The molecule has 6 nitrogen and oxygen atoms in total. The lowest BCUT2D eigenvalue weighted by Crippen LogP contribution is -2.37. The number of nitrogens with one attached hydrogen (secondary N) is 1. The molecule has 0 saturated carbocycles. The maximum Gasteiger partial charge on any atom is 0.416 e. The van der Waals surface area contributed by atoms with Crippen molar-refractivity contribution in [2.45, 2.75) is 31.5 Å². The molecule has 0 amide bonds. The van der Waals surface area contributed by atoms with Gasteiger partial charge >= 0.3 is 6.18 Å². The smallest absolute Gasteiger partial charge is 0.416 e. The largest absolute Gasteiger partial charge is 0.468 e. The molecule has 1 N–H and O–H groups in total. The van der Waals surface area contributed by atoms with Gasteiger partial charge in [-0.1, -0.05) is 6.42 Å². The summed E-state index contributed by atoms with van der Waals surface area (Å²) in [7, 11) is 0. The van der Waals surface area contributed by atoms with Crippen LogP contribution in [0.4, 0.5) is 24.5 Å². The average molecular weight is 383 g/mol. The van der Waals surface area contributed by atoms with Crippen molar-refractivity contribution >= 4 is 11.4 Å². The van der Waals surface area contributed by atoms with Crippen LogP contribution in [-0.4, -0.2) is 29.5 Å². The second-order valence-electron chi connectivity index (χ2n) is 6.50. The van der Waals surface area contributed by atoms with Gasteiger partial charge in [0.2, 0.25) is 0 Å². The zero-order valence-electron chi connectivity index (χ0n) is 14.5. The van der Waals surface area contributed by atoms with Gasteiger partial charge in [0.05, 0.1) is 22.8 Å². The highest BCUT2D eigenvalue weighted by Gasteiger charge is 2.33. The van der Waals surface area contributed by atoms with E-state index < -0.39 is 22.4 Å². The van der Waals surface area contributed by atoms with E-state index in [-0.39, 0.29) is 11.7 Å². The molecule has 1 aromatic carbocycles. The highest BCUT2D eigenvalue weighted by atomic mass is 19.4. The van der Waals surface area contributed by atoms with Gasteiger partial charge in [-0.25, -0.2) is 0 Å². The summed E-state index contributed by atoms with van der Waals surface area (Å²) < 4.78 is 44.0. The Hall–Kier alpha value is -2.55. The fraction of sp³-hybridized carbons (Fsp3) is 0.444. The molecule has 3 rings (SSSR count). The highest BCUT2D eigenvalue weighted by molar-refractivity contribution is 5.63. The minimum Gasteiger partial charge on any atom is -0.468 e. The summed E-state index contributed by atoms with van der Waals surface area (Å²) in [5.41, 5.74) is -1.58. The number of alkyl halides is 3. The molecule has 1 aliphatic heterocycles. The molecule has 1 fully saturated rings. The van der Waals surface area contributed by atoms with Crippen LogP contribution in [0.5, 0.6) is 0 Å².